The van der Waals surface area contributed by atoms with Gasteiger partial charge in [-0.25, -0.2) is 19.6 Å². The third-order valence-electron chi connectivity index (χ3n) is 3.49. The van der Waals surface area contributed by atoms with Crippen LogP contribution in [0.15, 0.2) is 58.4 Å². The van der Waals surface area contributed by atoms with E-state index >= 15 is 0 Å². The van der Waals surface area contributed by atoms with Crippen molar-refractivity contribution in [3.8, 4) is 5.75 Å². The number of ether oxygens (including phenoxy) is 2. The van der Waals surface area contributed by atoms with E-state index in [1.54, 1.807) is 37.3 Å². The predicted molar refractivity (Wildman–Crippen MR) is 103 cm³/mol. The van der Waals surface area contributed by atoms with Crippen LogP contribution in [0.3, 0.4) is 0 Å². The number of benzene rings is 1. The summed E-state index contributed by atoms with van der Waals surface area (Å²) in [6, 6.07) is 9.75. The van der Waals surface area contributed by atoms with Crippen LogP contribution in [0.2, 0.25) is 0 Å². The normalized spacial score (nSPS) is 10.4. The number of furan rings is 1. The molecule has 2 aromatic heterocycles. The molecule has 0 spiro atoms. The number of nitrogens with zero attached hydrogens (tertiary/aromatic N) is 2. The molecule has 0 aliphatic heterocycles. The lowest BCUT2D eigenvalue weighted by atomic mass is 10.2. The van der Waals surface area contributed by atoms with Gasteiger partial charge in [0.15, 0.2) is 5.16 Å². The lowest BCUT2D eigenvalue weighted by Gasteiger charge is -2.11. The minimum Gasteiger partial charge on any atom is -0.462 e. The van der Waals surface area contributed by atoms with Crippen LogP contribution in [0, 0.1) is 0 Å². The Bertz CT molecular complexity index is 958. The molecule has 0 radical (unpaired) electrons. The first-order valence-electron chi connectivity index (χ1n) is 8.31. The number of nitrogens with one attached hydrogen (secondary N) is 1. The Labute approximate surface area is 165 Å². The number of esters is 2. The number of aromatic nitrogens is 2. The SMILES string of the molecule is CCOC(=O)c1cnc(SC)nc1Nc1ccc(OC(=O)c2ccco2)cc1. The molecular weight excluding hydrogens is 382 g/mol. The summed E-state index contributed by atoms with van der Waals surface area (Å²) in [4.78, 5) is 32.5. The average molecular weight is 399 g/mol. The molecule has 28 heavy (non-hydrogen) atoms. The number of carbonyl (C=O) groups excluding carboxylic acids is 2. The molecule has 0 bridgehead atoms. The van der Waals surface area contributed by atoms with Gasteiger partial charge in [0.1, 0.15) is 17.1 Å². The summed E-state index contributed by atoms with van der Waals surface area (Å²) >= 11 is 1.35. The fourth-order valence-corrected chi connectivity index (χ4v) is 2.55. The van der Waals surface area contributed by atoms with E-state index in [1.807, 2.05) is 6.26 Å². The van der Waals surface area contributed by atoms with Crippen LogP contribution in [0.5, 0.6) is 5.75 Å². The molecule has 3 rings (SSSR count). The summed E-state index contributed by atoms with van der Waals surface area (Å²) in [5.41, 5.74) is 0.877. The summed E-state index contributed by atoms with van der Waals surface area (Å²) in [6.45, 7) is 1.98. The Morgan fingerprint density at radius 2 is 1.96 bits per heavy atom. The zero-order valence-electron chi connectivity index (χ0n) is 15.2. The van der Waals surface area contributed by atoms with Gasteiger partial charge in [0.05, 0.1) is 12.9 Å². The first-order chi connectivity index (χ1) is 13.6. The Morgan fingerprint density at radius 1 is 1.18 bits per heavy atom. The third kappa shape index (κ3) is 4.68. The minimum absolute atomic E-state index is 0.117. The molecule has 1 N–H and O–H groups in total. The molecule has 0 fully saturated rings. The van der Waals surface area contributed by atoms with Crippen LogP contribution in [0.1, 0.15) is 27.8 Å². The number of carbonyl (C=O) groups is 2. The van der Waals surface area contributed by atoms with Gasteiger partial charge < -0.3 is 19.2 Å². The van der Waals surface area contributed by atoms with Gasteiger partial charge in [0.2, 0.25) is 5.76 Å². The van der Waals surface area contributed by atoms with Crippen molar-refractivity contribution in [1.82, 2.24) is 9.97 Å². The van der Waals surface area contributed by atoms with Gasteiger partial charge in [-0.1, -0.05) is 11.8 Å². The van der Waals surface area contributed by atoms with E-state index in [1.165, 1.54) is 30.3 Å². The fraction of sp³-hybridized carbons (Fsp3) is 0.158. The van der Waals surface area contributed by atoms with Gasteiger partial charge in [0.25, 0.3) is 0 Å². The first kappa shape index (κ1) is 19.4. The van der Waals surface area contributed by atoms with Crippen LogP contribution in [0.4, 0.5) is 11.5 Å². The standard InChI is InChI=1S/C19H17N3O5S/c1-3-25-17(23)14-11-20-19(28-2)22-16(14)21-12-6-8-13(9-7-12)27-18(24)15-5-4-10-26-15/h4-11H,3H2,1-2H3,(H,20,21,22). The number of anilines is 2. The second kappa shape index (κ2) is 9.05. The smallest absolute Gasteiger partial charge is 0.379 e. The second-order valence-corrected chi connectivity index (χ2v) is 6.13. The molecule has 9 heteroatoms. The highest BCUT2D eigenvalue weighted by molar-refractivity contribution is 7.98. The van der Waals surface area contributed by atoms with Crippen molar-refractivity contribution < 1.29 is 23.5 Å². The fourth-order valence-electron chi connectivity index (χ4n) is 2.21. The molecule has 3 aromatic rings. The van der Waals surface area contributed by atoms with Gasteiger partial charge in [-0.2, -0.15) is 0 Å². The summed E-state index contributed by atoms with van der Waals surface area (Å²) in [5.74, 6) is -0.299. The zero-order chi connectivity index (χ0) is 19.9. The van der Waals surface area contributed by atoms with Gasteiger partial charge in [0, 0.05) is 11.9 Å². The summed E-state index contributed by atoms with van der Waals surface area (Å²) in [5, 5.41) is 3.58. The maximum Gasteiger partial charge on any atom is 0.379 e. The predicted octanol–water partition coefficient (Wildman–Crippen LogP) is 3.93. The molecule has 0 aliphatic rings. The van der Waals surface area contributed by atoms with Crippen molar-refractivity contribution in [3.05, 3.63) is 60.2 Å². The highest BCUT2D eigenvalue weighted by Gasteiger charge is 2.16. The van der Waals surface area contributed by atoms with Crippen molar-refractivity contribution >= 4 is 35.2 Å². The Morgan fingerprint density at radius 3 is 2.61 bits per heavy atom. The maximum atomic E-state index is 12.1. The largest absolute Gasteiger partial charge is 0.462 e. The van der Waals surface area contributed by atoms with E-state index in [2.05, 4.69) is 15.3 Å². The highest BCUT2D eigenvalue weighted by atomic mass is 32.2. The Hall–Kier alpha value is -3.33. The molecular formula is C19H17N3O5S. The number of thioether (sulfide) groups is 1. The Balaban J connectivity index is 1.76. The molecule has 0 amide bonds. The summed E-state index contributed by atoms with van der Waals surface area (Å²) in [6.07, 6.45) is 4.67. The number of rotatable bonds is 7. The van der Waals surface area contributed by atoms with E-state index in [4.69, 9.17) is 13.9 Å². The summed E-state index contributed by atoms with van der Waals surface area (Å²) in [7, 11) is 0. The molecule has 144 valence electrons. The molecule has 2 heterocycles. The summed E-state index contributed by atoms with van der Waals surface area (Å²) < 4.78 is 15.3. The van der Waals surface area contributed by atoms with Crippen molar-refractivity contribution in [2.45, 2.75) is 12.1 Å². The molecule has 8 nitrogen and oxygen atoms in total. The third-order valence-corrected chi connectivity index (χ3v) is 4.06. The van der Waals surface area contributed by atoms with E-state index < -0.39 is 11.9 Å². The van der Waals surface area contributed by atoms with Gasteiger partial charge in [-0.3, -0.25) is 0 Å². The lowest BCUT2D eigenvalue weighted by molar-refractivity contribution is 0.0526. The topological polar surface area (TPSA) is 104 Å². The van der Waals surface area contributed by atoms with Crippen molar-refractivity contribution in [2.24, 2.45) is 0 Å². The van der Waals surface area contributed by atoms with Gasteiger partial charge in [-0.05, 0) is 49.6 Å². The van der Waals surface area contributed by atoms with Crippen LogP contribution in [0.25, 0.3) is 0 Å². The van der Waals surface area contributed by atoms with Gasteiger partial charge >= 0.3 is 11.9 Å². The van der Waals surface area contributed by atoms with Crippen LogP contribution < -0.4 is 10.1 Å². The van der Waals surface area contributed by atoms with Crippen molar-refractivity contribution in [2.75, 3.05) is 18.2 Å². The quantitative estimate of drug-likeness (QED) is 0.274. The van der Waals surface area contributed by atoms with E-state index in [-0.39, 0.29) is 17.9 Å². The molecule has 0 unspecified atom stereocenters. The molecule has 0 saturated carbocycles. The van der Waals surface area contributed by atoms with Crippen molar-refractivity contribution in [3.63, 3.8) is 0 Å². The van der Waals surface area contributed by atoms with Crippen LogP contribution in [-0.2, 0) is 4.74 Å². The van der Waals surface area contributed by atoms with Crippen molar-refractivity contribution in [1.29, 1.82) is 0 Å². The number of hydrogen-bond acceptors (Lipinski definition) is 9. The first-order valence-corrected chi connectivity index (χ1v) is 9.54. The van der Waals surface area contributed by atoms with E-state index in [9.17, 15) is 9.59 Å². The molecule has 1 aromatic carbocycles. The van der Waals surface area contributed by atoms with Gasteiger partial charge in [-0.15, -0.1) is 0 Å². The van der Waals surface area contributed by atoms with E-state index in [0.717, 1.165) is 0 Å². The average Bonchev–Trinajstić information content (AvgIpc) is 3.24. The minimum atomic E-state index is -0.587. The zero-order valence-corrected chi connectivity index (χ0v) is 16.0. The second-order valence-electron chi connectivity index (χ2n) is 5.36. The molecule has 0 aliphatic carbocycles. The molecule has 0 atom stereocenters. The molecule has 0 saturated heterocycles. The monoisotopic (exact) mass is 399 g/mol. The lowest BCUT2D eigenvalue weighted by Crippen LogP contribution is -2.11. The Kier molecular flexibility index (Phi) is 6.28. The highest BCUT2D eigenvalue weighted by Crippen LogP contribution is 2.24. The number of hydrogen-bond donors (Lipinski definition) is 1. The van der Waals surface area contributed by atoms with E-state index in [0.29, 0.717) is 22.4 Å². The maximum absolute atomic E-state index is 12.1. The van der Waals surface area contributed by atoms with Crippen LogP contribution >= 0.6 is 11.8 Å². The van der Waals surface area contributed by atoms with Crippen LogP contribution in [-0.4, -0.2) is 34.8 Å².